The average molecular weight is 190 g/mol. The van der Waals surface area contributed by atoms with E-state index in [0.29, 0.717) is 5.60 Å². The minimum atomic E-state index is 0.331. The van der Waals surface area contributed by atoms with Crippen molar-refractivity contribution < 1.29 is 4.74 Å². The van der Waals surface area contributed by atoms with Crippen molar-refractivity contribution in [1.29, 1.82) is 0 Å². The Labute approximate surface area is 85.5 Å². The fraction of sp³-hybridized carbons (Fsp3) is 0.846. The van der Waals surface area contributed by atoms with Crippen molar-refractivity contribution in [1.82, 2.24) is 0 Å². The number of hydrogen-bond acceptors (Lipinski definition) is 1. The summed E-state index contributed by atoms with van der Waals surface area (Å²) in [5, 5.41) is 0. The molecule has 2 saturated carbocycles. The lowest BCUT2D eigenvalue weighted by Gasteiger charge is -2.26. The second-order valence-electron chi connectivity index (χ2n) is 5.66. The molecule has 0 aromatic carbocycles. The highest BCUT2D eigenvalue weighted by molar-refractivity contribution is 5.43. The van der Waals surface area contributed by atoms with E-state index in [4.69, 9.17) is 4.74 Å². The van der Waals surface area contributed by atoms with Gasteiger partial charge in [0.25, 0.3) is 0 Å². The molecule has 4 rings (SSSR count). The number of ether oxygens (including phenoxy) is 1. The van der Waals surface area contributed by atoms with E-state index < -0.39 is 0 Å². The van der Waals surface area contributed by atoms with Gasteiger partial charge in [-0.1, -0.05) is 19.3 Å². The maximum atomic E-state index is 5.88. The van der Waals surface area contributed by atoms with Crippen LogP contribution in [-0.2, 0) is 4.74 Å². The highest BCUT2D eigenvalue weighted by Crippen LogP contribution is 2.66. The average Bonchev–Trinajstić information content (AvgIpc) is 2.66. The lowest BCUT2D eigenvalue weighted by molar-refractivity contribution is 0.291. The van der Waals surface area contributed by atoms with Gasteiger partial charge in [-0.15, -0.1) is 0 Å². The molecule has 1 aliphatic heterocycles. The summed E-state index contributed by atoms with van der Waals surface area (Å²) in [5.41, 5.74) is 2.12. The van der Waals surface area contributed by atoms with Crippen LogP contribution in [0.2, 0.25) is 0 Å². The zero-order valence-corrected chi connectivity index (χ0v) is 8.72. The highest BCUT2D eigenvalue weighted by Gasteiger charge is 2.65. The van der Waals surface area contributed by atoms with E-state index in [1.165, 1.54) is 57.1 Å². The van der Waals surface area contributed by atoms with Crippen LogP contribution in [0.3, 0.4) is 0 Å². The molecule has 0 radical (unpaired) electrons. The maximum absolute atomic E-state index is 5.88. The Morgan fingerprint density at radius 1 is 1.00 bits per heavy atom. The third-order valence-corrected chi connectivity index (χ3v) is 4.89. The Morgan fingerprint density at radius 2 is 1.86 bits per heavy atom. The van der Waals surface area contributed by atoms with Crippen LogP contribution >= 0.6 is 0 Å². The first kappa shape index (κ1) is 7.78. The van der Waals surface area contributed by atoms with Gasteiger partial charge in [0.15, 0.2) is 5.60 Å². The smallest absolute Gasteiger partial charge is 0.166 e. The van der Waals surface area contributed by atoms with Gasteiger partial charge < -0.3 is 4.74 Å². The molecular weight excluding hydrogens is 172 g/mol. The third-order valence-electron chi connectivity index (χ3n) is 4.89. The maximum Gasteiger partial charge on any atom is 0.166 e. The summed E-state index contributed by atoms with van der Waals surface area (Å²) in [6, 6.07) is 0. The molecule has 0 aromatic rings. The van der Waals surface area contributed by atoms with E-state index in [1.54, 1.807) is 5.57 Å². The summed E-state index contributed by atoms with van der Waals surface area (Å²) >= 11 is 0. The Balaban J connectivity index is 1.66. The molecule has 1 spiro atoms. The number of allylic oxidation sites excluding steroid dienone is 1. The standard InChI is InChI=1S/C13H18O/c1-2-4-9(5-3-1)11-10-6-7-13(8-10)12(11)14-13/h9-10H,1-8H2. The molecule has 3 fully saturated rings. The molecule has 3 aliphatic carbocycles. The van der Waals surface area contributed by atoms with E-state index in [1.807, 2.05) is 0 Å². The minimum absolute atomic E-state index is 0.331. The Morgan fingerprint density at radius 3 is 2.57 bits per heavy atom. The Hall–Kier alpha value is -0.460. The SMILES string of the molecule is C1CCC(C2=C3OC34CCC2C4)CC1. The molecule has 2 atom stereocenters. The van der Waals surface area contributed by atoms with E-state index >= 15 is 0 Å². The van der Waals surface area contributed by atoms with Crippen molar-refractivity contribution in [3.63, 3.8) is 0 Å². The molecule has 0 amide bonds. The topological polar surface area (TPSA) is 12.5 Å². The molecule has 2 bridgehead atoms. The van der Waals surface area contributed by atoms with Crippen molar-refractivity contribution in [3.05, 3.63) is 11.3 Å². The van der Waals surface area contributed by atoms with Gasteiger partial charge in [-0.25, -0.2) is 0 Å². The largest absolute Gasteiger partial charge is 0.479 e. The van der Waals surface area contributed by atoms with Crippen LogP contribution in [-0.4, -0.2) is 5.60 Å². The molecule has 76 valence electrons. The number of rotatable bonds is 1. The molecule has 1 heteroatoms. The number of fused-ring (bicyclic) bond motifs is 1. The normalized spacial score (nSPS) is 45.3. The Bertz CT molecular complexity index is 311. The van der Waals surface area contributed by atoms with Crippen LogP contribution in [0, 0.1) is 11.8 Å². The molecule has 1 saturated heterocycles. The monoisotopic (exact) mass is 190 g/mol. The third kappa shape index (κ3) is 0.820. The van der Waals surface area contributed by atoms with Crippen LogP contribution in [0.4, 0.5) is 0 Å². The van der Waals surface area contributed by atoms with Crippen molar-refractivity contribution in [2.45, 2.75) is 57.0 Å². The second-order valence-corrected chi connectivity index (χ2v) is 5.66. The van der Waals surface area contributed by atoms with Crippen LogP contribution in [0.1, 0.15) is 51.4 Å². The molecule has 0 N–H and O–H groups in total. The van der Waals surface area contributed by atoms with Gasteiger partial charge in [0.05, 0.1) is 0 Å². The molecule has 1 heterocycles. The first-order valence-electron chi connectivity index (χ1n) is 6.33. The molecule has 4 aliphatic rings. The zero-order chi connectivity index (χ0) is 9.17. The van der Waals surface area contributed by atoms with E-state index in [-0.39, 0.29) is 0 Å². The van der Waals surface area contributed by atoms with Gasteiger partial charge >= 0.3 is 0 Å². The summed E-state index contributed by atoms with van der Waals surface area (Å²) in [4.78, 5) is 0. The first-order chi connectivity index (χ1) is 6.89. The van der Waals surface area contributed by atoms with Crippen molar-refractivity contribution in [2.75, 3.05) is 0 Å². The van der Waals surface area contributed by atoms with Crippen LogP contribution in [0.15, 0.2) is 11.3 Å². The number of epoxide rings is 1. The zero-order valence-electron chi connectivity index (χ0n) is 8.72. The second kappa shape index (κ2) is 2.37. The number of hydrogen-bond donors (Lipinski definition) is 0. The fourth-order valence-electron chi connectivity index (χ4n) is 4.18. The summed E-state index contributed by atoms with van der Waals surface area (Å²) in [5.74, 6) is 3.34. The van der Waals surface area contributed by atoms with E-state index in [9.17, 15) is 0 Å². The Kier molecular flexibility index (Phi) is 1.32. The van der Waals surface area contributed by atoms with E-state index in [2.05, 4.69) is 0 Å². The lowest BCUT2D eigenvalue weighted by Crippen LogP contribution is -2.14. The van der Waals surface area contributed by atoms with Gasteiger partial charge in [-0.05, 0) is 43.1 Å². The van der Waals surface area contributed by atoms with Crippen LogP contribution < -0.4 is 0 Å². The fourth-order valence-corrected chi connectivity index (χ4v) is 4.18. The molecular formula is C13H18O. The molecule has 0 aromatic heterocycles. The minimum Gasteiger partial charge on any atom is -0.479 e. The quantitative estimate of drug-likeness (QED) is 0.577. The van der Waals surface area contributed by atoms with Gasteiger partial charge in [-0.2, -0.15) is 0 Å². The van der Waals surface area contributed by atoms with Crippen molar-refractivity contribution in [3.8, 4) is 0 Å². The summed E-state index contributed by atoms with van der Waals surface area (Å²) in [7, 11) is 0. The van der Waals surface area contributed by atoms with Gasteiger partial charge in [0, 0.05) is 6.42 Å². The summed E-state index contributed by atoms with van der Waals surface area (Å²) in [6.07, 6.45) is 11.4. The van der Waals surface area contributed by atoms with Crippen molar-refractivity contribution >= 4 is 0 Å². The highest BCUT2D eigenvalue weighted by atomic mass is 16.6. The summed E-state index contributed by atoms with van der Waals surface area (Å²) in [6.45, 7) is 0. The van der Waals surface area contributed by atoms with Gasteiger partial charge in [0.2, 0.25) is 0 Å². The van der Waals surface area contributed by atoms with Crippen LogP contribution in [0.25, 0.3) is 0 Å². The molecule has 14 heavy (non-hydrogen) atoms. The van der Waals surface area contributed by atoms with Crippen molar-refractivity contribution in [2.24, 2.45) is 11.8 Å². The molecule has 1 nitrogen and oxygen atoms in total. The summed E-state index contributed by atoms with van der Waals surface area (Å²) < 4.78 is 5.88. The van der Waals surface area contributed by atoms with Gasteiger partial charge in [-0.3, -0.25) is 0 Å². The predicted octanol–water partition coefficient (Wildman–Crippen LogP) is 3.40. The van der Waals surface area contributed by atoms with Crippen LogP contribution in [0.5, 0.6) is 0 Å². The lowest BCUT2D eigenvalue weighted by atomic mass is 9.78. The first-order valence-corrected chi connectivity index (χ1v) is 6.33. The predicted molar refractivity (Wildman–Crippen MR) is 54.8 cm³/mol. The van der Waals surface area contributed by atoms with Gasteiger partial charge in [0.1, 0.15) is 5.76 Å². The van der Waals surface area contributed by atoms with E-state index in [0.717, 1.165) is 11.8 Å². The molecule has 2 unspecified atom stereocenters.